The van der Waals surface area contributed by atoms with Crippen LogP contribution in [0.15, 0.2) is 48.5 Å². The number of hydrogen-bond donors (Lipinski definition) is 7. The van der Waals surface area contributed by atoms with Crippen molar-refractivity contribution in [2.75, 3.05) is 6.61 Å². The number of aldehydes is 1. The molecule has 1 saturated heterocycles. The molecule has 1 heterocycles. The molecular weight excluding hydrogens is 674 g/mol. The highest BCUT2D eigenvalue weighted by Gasteiger charge is 2.49. The number of benzene rings is 4. The zero-order valence-electron chi connectivity index (χ0n) is 28.9. The molecule has 13 nitrogen and oxygen atoms in total. The number of ketones is 1. The third kappa shape index (κ3) is 6.89. The fourth-order valence-electron chi connectivity index (χ4n) is 7.31. The maximum Gasteiger partial charge on any atom is 0.306 e. The van der Waals surface area contributed by atoms with Crippen molar-refractivity contribution in [1.82, 2.24) is 5.32 Å². The first-order valence-corrected chi connectivity index (χ1v) is 17.4. The number of aliphatic hydroxyl groups is 2. The first kappa shape index (κ1) is 37.0. The van der Waals surface area contributed by atoms with Crippen LogP contribution in [0, 0.1) is 0 Å². The lowest BCUT2D eigenvalue weighted by atomic mass is 9.74. The number of fused-ring (bicyclic) bond motifs is 3. The number of ether oxygens (including phenoxy) is 3. The second kappa shape index (κ2) is 15.1. The smallest absolute Gasteiger partial charge is 0.306 e. The Morgan fingerprint density at radius 3 is 2.42 bits per heavy atom. The molecule has 1 fully saturated rings. The minimum absolute atomic E-state index is 0.00962. The Hall–Kier alpha value is -4.79. The summed E-state index contributed by atoms with van der Waals surface area (Å²) in [5.41, 5.74) is -1.53. The molecule has 0 unspecified atom stereocenters. The summed E-state index contributed by atoms with van der Waals surface area (Å²) in [6.45, 7) is 3.22. The van der Waals surface area contributed by atoms with Gasteiger partial charge in [-0.25, -0.2) is 0 Å². The lowest BCUT2D eigenvalue weighted by Gasteiger charge is -2.42. The van der Waals surface area contributed by atoms with E-state index in [0.717, 1.165) is 12.0 Å². The van der Waals surface area contributed by atoms with Crippen LogP contribution in [0.2, 0.25) is 0 Å². The molecule has 7 N–H and O–H groups in total. The van der Waals surface area contributed by atoms with Crippen LogP contribution < -0.4 is 5.32 Å². The summed E-state index contributed by atoms with van der Waals surface area (Å²) < 4.78 is 17.6. The Morgan fingerprint density at radius 2 is 1.71 bits per heavy atom. The first-order chi connectivity index (χ1) is 24.9. The van der Waals surface area contributed by atoms with Gasteiger partial charge in [0.05, 0.1) is 29.1 Å². The van der Waals surface area contributed by atoms with Gasteiger partial charge in [0, 0.05) is 65.7 Å². The third-order valence-electron chi connectivity index (χ3n) is 10.1. The van der Waals surface area contributed by atoms with Crippen LogP contribution in [0.5, 0.6) is 23.0 Å². The van der Waals surface area contributed by atoms with Crippen LogP contribution in [0.25, 0.3) is 21.5 Å². The maximum absolute atomic E-state index is 13.6. The summed E-state index contributed by atoms with van der Waals surface area (Å²) in [5, 5.41) is 72.0. The van der Waals surface area contributed by atoms with Gasteiger partial charge in [0.15, 0.2) is 19.2 Å². The minimum Gasteiger partial charge on any atom is -0.507 e. The zero-order chi connectivity index (χ0) is 37.3. The van der Waals surface area contributed by atoms with Gasteiger partial charge in [-0.05, 0) is 18.9 Å². The molecule has 0 spiro atoms. The second-order valence-electron chi connectivity index (χ2n) is 13.6. The molecule has 0 aromatic heterocycles. The highest BCUT2D eigenvalue weighted by molar-refractivity contribution is 6.18. The van der Waals surface area contributed by atoms with Crippen LogP contribution in [-0.2, 0) is 36.8 Å². The van der Waals surface area contributed by atoms with Gasteiger partial charge in [0.25, 0.3) is 0 Å². The maximum atomic E-state index is 13.6. The van der Waals surface area contributed by atoms with Gasteiger partial charge in [0.1, 0.15) is 28.6 Å². The van der Waals surface area contributed by atoms with E-state index in [-0.39, 0.29) is 51.1 Å². The lowest BCUT2D eigenvalue weighted by molar-refractivity contribution is -0.250. The molecule has 0 bridgehead atoms. The number of aromatic hydroxyl groups is 4. The minimum atomic E-state index is -2.29. The van der Waals surface area contributed by atoms with Gasteiger partial charge in [0.2, 0.25) is 5.78 Å². The number of phenols is 4. The van der Waals surface area contributed by atoms with Crippen LogP contribution in [0.3, 0.4) is 0 Å². The normalized spacial score (nSPS) is 24.4. The monoisotopic (exact) mass is 717 g/mol. The van der Waals surface area contributed by atoms with E-state index in [1.54, 1.807) is 6.92 Å². The van der Waals surface area contributed by atoms with E-state index >= 15 is 0 Å². The molecule has 6 rings (SSSR count). The molecular formula is C39H43NO12. The predicted molar refractivity (Wildman–Crippen MR) is 188 cm³/mol. The van der Waals surface area contributed by atoms with Gasteiger partial charge in [-0.15, -0.1) is 0 Å². The second-order valence-corrected chi connectivity index (χ2v) is 13.6. The molecule has 4 aromatic rings. The zero-order valence-corrected chi connectivity index (χ0v) is 28.9. The Labute approximate surface area is 299 Å². The number of hydrogen-bond acceptors (Lipinski definition) is 13. The van der Waals surface area contributed by atoms with Crippen LogP contribution in [0.4, 0.5) is 0 Å². The van der Waals surface area contributed by atoms with Crippen molar-refractivity contribution in [1.29, 1.82) is 0 Å². The summed E-state index contributed by atoms with van der Waals surface area (Å²) in [6, 6.07) is 13.3. The number of carbonyl (C=O) groups is 3. The number of rotatable bonds is 12. The molecule has 6 atom stereocenters. The van der Waals surface area contributed by atoms with E-state index in [2.05, 4.69) is 5.32 Å². The van der Waals surface area contributed by atoms with Crippen molar-refractivity contribution >= 4 is 39.6 Å². The van der Waals surface area contributed by atoms with E-state index in [1.807, 2.05) is 37.3 Å². The molecule has 0 saturated carbocycles. The quantitative estimate of drug-likeness (QED) is 0.0472. The van der Waals surface area contributed by atoms with E-state index in [4.69, 9.17) is 14.2 Å². The number of carbonyl (C=O) groups excluding carboxylic acids is 3. The van der Waals surface area contributed by atoms with Crippen molar-refractivity contribution in [3.63, 3.8) is 0 Å². The number of esters is 1. The highest BCUT2D eigenvalue weighted by atomic mass is 16.7. The number of nitrogens with one attached hydrogen (secondary N) is 1. The topological polar surface area (TPSA) is 212 Å². The molecule has 276 valence electrons. The molecule has 0 radical (unpaired) electrons. The Kier molecular flexibility index (Phi) is 10.7. The summed E-state index contributed by atoms with van der Waals surface area (Å²) in [5.74, 6) is -3.92. The van der Waals surface area contributed by atoms with E-state index in [9.17, 15) is 45.0 Å². The van der Waals surface area contributed by atoms with Crippen molar-refractivity contribution in [2.45, 2.75) is 95.2 Å². The standard InChI is InChI=1S/C39H43NO12/c1-3-4-13-28(43)50-19-27(42)39(49)15-24-31(38(48)33-32(36(24)46)35(45)23-12-8-11-22(18-41)30(23)37(33)47)26(16-39)52-29-14-25(34(44)20(2)51-29)40-17-21-9-6-5-7-10-21/h5-12,18,20,25-26,29,34,40,44-49H,3-4,13-17,19H2,1-2H3/t20-,25+,26-,29-,34+,39-/m0/s1. The van der Waals surface area contributed by atoms with E-state index < -0.39 is 90.4 Å². The van der Waals surface area contributed by atoms with Crippen LogP contribution in [0.1, 0.15) is 79.1 Å². The van der Waals surface area contributed by atoms with E-state index in [1.165, 1.54) is 18.2 Å². The number of Topliss-reactive ketones (excluding diaryl/α,β-unsaturated/α-hetero) is 1. The summed E-state index contributed by atoms with van der Waals surface area (Å²) >= 11 is 0. The van der Waals surface area contributed by atoms with Gasteiger partial charge in [-0.1, -0.05) is 61.9 Å². The van der Waals surface area contributed by atoms with Crippen LogP contribution >= 0.6 is 0 Å². The molecule has 1 aliphatic heterocycles. The number of aliphatic hydroxyl groups excluding tert-OH is 1. The number of phenolic OH excluding ortho intramolecular Hbond substituents is 4. The average Bonchev–Trinajstić information content (AvgIpc) is 3.14. The molecule has 0 amide bonds. The van der Waals surface area contributed by atoms with Crippen molar-refractivity contribution in [3.8, 4) is 23.0 Å². The molecule has 4 aromatic carbocycles. The molecule has 52 heavy (non-hydrogen) atoms. The molecule has 2 aliphatic rings. The average molecular weight is 718 g/mol. The first-order valence-electron chi connectivity index (χ1n) is 17.4. The van der Waals surface area contributed by atoms with Crippen molar-refractivity contribution < 1.29 is 59.2 Å². The molecule has 1 aliphatic carbocycles. The molecule has 13 heteroatoms. The van der Waals surface area contributed by atoms with Gasteiger partial charge < -0.3 is 50.2 Å². The summed E-state index contributed by atoms with van der Waals surface area (Å²) in [7, 11) is 0. The van der Waals surface area contributed by atoms with E-state index in [0.29, 0.717) is 19.3 Å². The third-order valence-corrected chi connectivity index (χ3v) is 10.1. The van der Waals surface area contributed by atoms with Crippen LogP contribution in [-0.4, -0.2) is 85.4 Å². The fourth-order valence-corrected chi connectivity index (χ4v) is 7.31. The van der Waals surface area contributed by atoms with Crippen molar-refractivity contribution in [2.24, 2.45) is 0 Å². The summed E-state index contributed by atoms with van der Waals surface area (Å²) in [6.07, 6.45) is -3.20. The number of unbranched alkanes of at least 4 members (excludes halogenated alkanes) is 1. The van der Waals surface area contributed by atoms with Gasteiger partial charge >= 0.3 is 5.97 Å². The van der Waals surface area contributed by atoms with Crippen molar-refractivity contribution in [3.05, 3.63) is 70.8 Å². The Morgan fingerprint density at radius 1 is 0.981 bits per heavy atom. The SMILES string of the molecule is CCCCC(=O)OCC(=O)[C@]1(O)Cc2c(c(O)c3c(O)c4c(C=O)cccc4c(O)c3c2O)[C@@H](O[C@H]2C[C@@H](NCc3ccccc3)[C@H](O)[C@H](C)O2)C1. The fraction of sp³-hybridized carbons (Fsp3) is 0.410. The highest BCUT2D eigenvalue weighted by Crippen LogP contribution is 2.56. The predicted octanol–water partition coefficient (Wildman–Crippen LogP) is 4.32. The Bertz CT molecular complexity index is 2000. The van der Waals surface area contributed by atoms with Gasteiger partial charge in [-0.2, -0.15) is 0 Å². The van der Waals surface area contributed by atoms with Gasteiger partial charge in [-0.3, -0.25) is 14.4 Å². The lowest BCUT2D eigenvalue weighted by Crippen LogP contribution is -2.54. The summed E-state index contributed by atoms with van der Waals surface area (Å²) in [4.78, 5) is 37.8. The Balaban J connectivity index is 1.42. The largest absolute Gasteiger partial charge is 0.507 e.